The largest absolute Gasteiger partial charge is 0.366 e. The monoisotopic (exact) mass is 174 g/mol. The smallest absolute Gasteiger partial charge is 0.0376 e. The molecule has 0 aliphatic carbocycles. The van der Waals surface area contributed by atoms with Crippen molar-refractivity contribution in [1.29, 1.82) is 0 Å². The van der Waals surface area contributed by atoms with Gasteiger partial charge in [-0.05, 0) is 44.9 Å². The second kappa shape index (κ2) is 3.06. The lowest BCUT2D eigenvalue weighted by molar-refractivity contribution is 0.518. The molecule has 0 N–H and O–H groups in total. The zero-order valence-electron chi connectivity index (χ0n) is 8.38. The fourth-order valence-corrected chi connectivity index (χ4v) is 2.14. The van der Waals surface area contributed by atoms with E-state index in [1.165, 1.54) is 25.1 Å². The summed E-state index contributed by atoms with van der Waals surface area (Å²) in [6.45, 7) is 5.81. The molecule has 0 atom stereocenters. The average Bonchev–Trinajstić information content (AvgIpc) is 2.47. The molecule has 1 saturated heterocycles. The molecule has 2 rings (SSSR count). The van der Waals surface area contributed by atoms with Crippen molar-refractivity contribution in [2.75, 3.05) is 11.4 Å². The van der Waals surface area contributed by atoms with E-state index in [4.69, 9.17) is 0 Å². The minimum Gasteiger partial charge on any atom is -0.366 e. The molecular weight excluding hydrogens is 158 g/mol. The number of nitrogens with zero attached hydrogens (tertiary/aromatic N) is 1. The summed E-state index contributed by atoms with van der Waals surface area (Å²) >= 11 is 0. The Morgan fingerprint density at radius 1 is 1.46 bits per heavy atom. The van der Waals surface area contributed by atoms with E-state index in [1.54, 1.807) is 0 Å². The lowest BCUT2D eigenvalue weighted by atomic mass is 10.0. The normalized spacial score (nSPS) is 20.6. The third-order valence-corrected chi connectivity index (χ3v) is 2.90. The van der Waals surface area contributed by atoms with Gasteiger partial charge >= 0.3 is 0 Å². The summed E-state index contributed by atoms with van der Waals surface area (Å²) in [4.78, 5) is 2.48. The maximum absolute atomic E-state index is 3.13. The van der Waals surface area contributed by atoms with Crippen LogP contribution in [0.15, 0.2) is 24.3 Å². The van der Waals surface area contributed by atoms with Gasteiger partial charge in [-0.15, -0.1) is 0 Å². The van der Waals surface area contributed by atoms with E-state index in [9.17, 15) is 0 Å². The fourth-order valence-electron chi connectivity index (χ4n) is 2.14. The molecule has 1 nitrogen and oxygen atoms in total. The summed E-state index contributed by atoms with van der Waals surface area (Å²) in [5.41, 5.74) is 1.64. The molecule has 0 aromatic heterocycles. The van der Waals surface area contributed by atoms with Crippen molar-refractivity contribution in [2.24, 2.45) is 0 Å². The summed E-state index contributed by atoms with van der Waals surface area (Å²) in [6.07, 6.45) is 2.60. The fraction of sp³-hybridized carbons (Fsp3) is 0.500. The van der Waals surface area contributed by atoms with Gasteiger partial charge in [-0.25, -0.2) is 0 Å². The number of rotatable bonds is 1. The van der Waals surface area contributed by atoms with Gasteiger partial charge in [0.25, 0.3) is 0 Å². The Balaban J connectivity index is 2.27. The summed E-state index contributed by atoms with van der Waals surface area (Å²) in [5, 5.41) is 0. The summed E-state index contributed by atoms with van der Waals surface area (Å²) in [6, 6.07) is 11.4. The van der Waals surface area contributed by atoms with Crippen LogP contribution in [0.25, 0.3) is 0 Å². The van der Waals surface area contributed by atoms with Gasteiger partial charge < -0.3 is 4.90 Å². The zero-order valence-corrected chi connectivity index (χ0v) is 8.38. The maximum atomic E-state index is 3.13. The Morgan fingerprint density at radius 2 is 2.31 bits per heavy atom. The van der Waals surface area contributed by atoms with E-state index >= 15 is 0 Å². The van der Waals surface area contributed by atoms with E-state index in [0.717, 1.165) is 0 Å². The molecule has 0 unspecified atom stereocenters. The first-order valence-corrected chi connectivity index (χ1v) is 4.94. The summed E-state index contributed by atoms with van der Waals surface area (Å²) in [5.74, 6) is 0. The molecule has 1 fully saturated rings. The van der Waals surface area contributed by atoms with Crippen LogP contribution in [-0.4, -0.2) is 12.1 Å². The first-order chi connectivity index (χ1) is 6.20. The van der Waals surface area contributed by atoms with Gasteiger partial charge in [0.2, 0.25) is 0 Å². The molecule has 0 amide bonds. The number of hydrogen-bond acceptors (Lipinski definition) is 1. The van der Waals surface area contributed by atoms with Crippen LogP contribution in [-0.2, 0) is 0 Å². The van der Waals surface area contributed by atoms with Crippen molar-refractivity contribution in [3.63, 3.8) is 0 Å². The summed E-state index contributed by atoms with van der Waals surface area (Å²) < 4.78 is 0. The predicted molar refractivity (Wildman–Crippen MR) is 55.9 cm³/mol. The highest BCUT2D eigenvalue weighted by molar-refractivity contribution is 5.49. The van der Waals surface area contributed by atoms with Crippen molar-refractivity contribution in [3.8, 4) is 0 Å². The highest BCUT2D eigenvalue weighted by Gasteiger charge is 2.31. The highest BCUT2D eigenvalue weighted by Crippen LogP contribution is 2.32. The van der Waals surface area contributed by atoms with Crippen molar-refractivity contribution in [2.45, 2.75) is 32.2 Å². The summed E-state index contributed by atoms with van der Waals surface area (Å²) in [7, 11) is 0. The topological polar surface area (TPSA) is 3.24 Å². The van der Waals surface area contributed by atoms with Crippen LogP contribution < -0.4 is 4.90 Å². The molecule has 1 aromatic carbocycles. The molecule has 1 aliphatic rings. The zero-order chi connectivity index (χ0) is 9.31. The van der Waals surface area contributed by atoms with Crippen LogP contribution in [0.2, 0.25) is 0 Å². The van der Waals surface area contributed by atoms with Crippen molar-refractivity contribution < 1.29 is 0 Å². The minimum atomic E-state index is 0.329. The van der Waals surface area contributed by atoms with E-state index in [0.29, 0.717) is 5.54 Å². The van der Waals surface area contributed by atoms with Crippen LogP contribution in [0, 0.1) is 6.07 Å². The van der Waals surface area contributed by atoms with Crippen molar-refractivity contribution in [1.82, 2.24) is 0 Å². The van der Waals surface area contributed by atoms with E-state index in [1.807, 2.05) is 6.07 Å². The third-order valence-electron chi connectivity index (χ3n) is 2.90. The first-order valence-electron chi connectivity index (χ1n) is 4.94. The molecule has 0 saturated carbocycles. The van der Waals surface area contributed by atoms with Gasteiger partial charge in [-0.1, -0.05) is 12.1 Å². The van der Waals surface area contributed by atoms with Crippen LogP contribution in [0.5, 0.6) is 0 Å². The lowest BCUT2D eigenvalue weighted by Crippen LogP contribution is -2.37. The van der Waals surface area contributed by atoms with Crippen LogP contribution in [0.3, 0.4) is 0 Å². The molecular formula is C12H16N. The lowest BCUT2D eigenvalue weighted by Gasteiger charge is -2.33. The van der Waals surface area contributed by atoms with E-state index in [2.05, 4.69) is 43.0 Å². The molecule has 69 valence electrons. The molecule has 0 bridgehead atoms. The predicted octanol–water partition coefficient (Wildman–Crippen LogP) is 2.87. The number of benzene rings is 1. The number of anilines is 1. The Labute approximate surface area is 80.4 Å². The van der Waals surface area contributed by atoms with E-state index in [-0.39, 0.29) is 0 Å². The van der Waals surface area contributed by atoms with Crippen molar-refractivity contribution >= 4 is 5.69 Å². The Morgan fingerprint density at radius 3 is 2.85 bits per heavy atom. The van der Waals surface area contributed by atoms with E-state index < -0.39 is 0 Å². The Kier molecular flexibility index (Phi) is 2.03. The van der Waals surface area contributed by atoms with Gasteiger partial charge in [0.1, 0.15) is 0 Å². The standard InChI is InChI=1S/C12H16N/c1-12(2)9-6-10-13(12)11-7-4-3-5-8-11/h3-4,7-8H,6,9-10H2,1-2H3. The van der Waals surface area contributed by atoms with Gasteiger partial charge in [0.15, 0.2) is 0 Å². The maximum Gasteiger partial charge on any atom is 0.0376 e. The second-order valence-electron chi connectivity index (χ2n) is 4.33. The molecule has 1 radical (unpaired) electrons. The number of hydrogen-bond donors (Lipinski definition) is 0. The minimum absolute atomic E-state index is 0.329. The van der Waals surface area contributed by atoms with Gasteiger partial charge in [0.05, 0.1) is 0 Å². The first kappa shape index (κ1) is 8.61. The van der Waals surface area contributed by atoms with Crippen LogP contribution in [0.4, 0.5) is 5.69 Å². The van der Waals surface area contributed by atoms with Crippen molar-refractivity contribution in [3.05, 3.63) is 30.3 Å². The molecule has 13 heavy (non-hydrogen) atoms. The molecule has 1 heterocycles. The molecule has 0 spiro atoms. The average molecular weight is 174 g/mol. The van der Waals surface area contributed by atoms with Crippen LogP contribution in [0.1, 0.15) is 26.7 Å². The van der Waals surface area contributed by atoms with Gasteiger partial charge in [0, 0.05) is 17.8 Å². The molecule has 1 aromatic rings. The third kappa shape index (κ3) is 1.55. The van der Waals surface area contributed by atoms with Gasteiger partial charge in [-0.2, -0.15) is 0 Å². The SMILES string of the molecule is CC1(C)CCCN1c1c[c]ccc1. The van der Waals surface area contributed by atoms with Gasteiger partial charge in [-0.3, -0.25) is 0 Å². The highest BCUT2D eigenvalue weighted by atomic mass is 15.2. The Hall–Kier alpha value is -0.980. The Bertz CT molecular complexity index is 276. The van der Waals surface area contributed by atoms with Crippen LogP contribution >= 0.6 is 0 Å². The second-order valence-corrected chi connectivity index (χ2v) is 4.33. The molecule has 1 heteroatoms. The molecule has 1 aliphatic heterocycles. The quantitative estimate of drug-likeness (QED) is 0.632.